The number of carbonyl (C=O) groups is 2. The first-order valence-electron chi connectivity index (χ1n) is 10.9. The molecule has 0 aliphatic carbocycles. The summed E-state index contributed by atoms with van der Waals surface area (Å²) < 4.78 is 5.84. The molecule has 0 radical (unpaired) electrons. The maximum absolute atomic E-state index is 12.1. The van der Waals surface area contributed by atoms with E-state index in [4.69, 9.17) is 9.57 Å². The van der Waals surface area contributed by atoms with E-state index in [2.05, 4.69) is 29.5 Å². The van der Waals surface area contributed by atoms with Crippen LogP contribution in [0.15, 0.2) is 78.0 Å². The summed E-state index contributed by atoms with van der Waals surface area (Å²) in [5.74, 6) is 0.316. The third-order valence-corrected chi connectivity index (χ3v) is 4.98. The molecule has 0 heterocycles. The summed E-state index contributed by atoms with van der Waals surface area (Å²) in [6.07, 6.45) is 0. The normalized spacial score (nSPS) is 11.0. The van der Waals surface area contributed by atoms with Crippen LogP contribution >= 0.6 is 0 Å². The second-order valence-electron chi connectivity index (χ2n) is 8.08. The van der Waals surface area contributed by atoms with E-state index in [1.807, 2.05) is 36.4 Å². The lowest BCUT2D eigenvalue weighted by Crippen LogP contribution is -2.21. The predicted molar refractivity (Wildman–Crippen MR) is 133 cm³/mol. The van der Waals surface area contributed by atoms with Crippen molar-refractivity contribution >= 4 is 23.2 Å². The summed E-state index contributed by atoms with van der Waals surface area (Å²) in [7, 11) is 3.37. The van der Waals surface area contributed by atoms with Gasteiger partial charge in [0.1, 0.15) is 12.4 Å². The Kier molecular flexibility index (Phi) is 8.40. The molecule has 0 saturated heterocycles. The Bertz CT molecular complexity index is 1150. The van der Waals surface area contributed by atoms with Crippen LogP contribution in [0.5, 0.6) is 5.75 Å². The molecule has 0 bridgehead atoms. The number of carbonyl (C=O) groups excluding carboxylic acids is 2. The molecule has 0 atom stereocenters. The molecule has 3 aromatic carbocycles. The standard InChI is InChI=1S/C27H29N3O4/c1-19-6-5-7-21(16-19)17-33-25-14-10-22(11-15-25)20(2)29-34-18-26(31)28-24-12-8-23(9-13-24)27(32)30(3)4/h5-16H,17-18H2,1-4H3,(H,28,31). The van der Waals surface area contributed by atoms with Gasteiger partial charge in [0, 0.05) is 25.3 Å². The largest absolute Gasteiger partial charge is 0.489 e. The molecule has 0 spiro atoms. The second kappa shape index (κ2) is 11.7. The van der Waals surface area contributed by atoms with Crippen LogP contribution in [-0.4, -0.2) is 43.1 Å². The van der Waals surface area contributed by atoms with Gasteiger partial charge >= 0.3 is 0 Å². The lowest BCUT2D eigenvalue weighted by Gasteiger charge is -2.11. The highest BCUT2D eigenvalue weighted by Crippen LogP contribution is 2.16. The van der Waals surface area contributed by atoms with Crippen LogP contribution in [0.1, 0.15) is 34.0 Å². The fourth-order valence-corrected chi connectivity index (χ4v) is 3.15. The van der Waals surface area contributed by atoms with E-state index in [1.54, 1.807) is 45.3 Å². The molecule has 0 unspecified atom stereocenters. The molecule has 0 fully saturated rings. The zero-order valence-electron chi connectivity index (χ0n) is 19.9. The summed E-state index contributed by atoms with van der Waals surface area (Å²) in [4.78, 5) is 30.7. The lowest BCUT2D eigenvalue weighted by molar-refractivity contribution is -0.120. The van der Waals surface area contributed by atoms with Crippen molar-refractivity contribution in [3.63, 3.8) is 0 Å². The molecule has 34 heavy (non-hydrogen) atoms. The monoisotopic (exact) mass is 459 g/mol. The van der Waals surface area contributed by atoms with Crippen molar-refractivity contribution in [3.05, 3.63) is 95.1 Å². The number of amides is 2. The molecular formula is C27H29N3O4. The minimum Gasteiger partial charge on any atom is -0.489 e. The van der Waals surface area contributed by atoms with Crippen molar-refractivity contribution in [2.75, 3.05) is 26.0 Å². The van der Waals surface area contributed by atoms with Gasteiger partial charge in [0.2, 0.25) is 0 Å². The number of nitrogens with one attached hydrogen (secondary N) is 1. The number of benzene rings is 3. The van der Waals surface area contributed by atoms with E-state index < -0.39 is 0 Å². The number of oxime groups is 1. The molecule has 7 heteroatoms. The van der Waals surface area contributed by atoms with Crippen LogP contribution in [0.3, 0.4) is 0 Å². The first kappa shape index (κ1) is 24.5. The van der Waals surface area contributed by atoms with Gasteiger partial charge in [-0.05, 0) is 73.5 Å². The van der Waals surface area contributed by atoms with Crippen LogP contribution in [0.25, 0.3) is 0 Å². The number of nitrogens with zero attached hydrogens (tertiary/aromatic N) is 2. The zero-order chi connectivity index (χ0) is 24.5. The third kappa shape index (κ3) is 7.20. The Balaban J connectivity index is 1.46. The van der Waals surface area contributed by atoms with E-state index in [9.17, 15) is 9.59 Å². The number of hydrogen-bond donors (Lipinski definition) is 1. The highest BCUT2D eigenvalue weighted by molar-refractivity contribution is 5.98. The summed E-state index contributed by atoms with van der Waals surface area (Å²) in [5.41, 5.74) is 4.95. The summed E-state index contributed by atoms with van der Waals surface area (Å²) >= 11 is 0. The molecule has 3 rings (SSSR count). The van der Waals surface area contributed by atoms with Gasteiger partial charge in [-0.15, -0.1) is 0 Å². The van der Waals surface area contributed by atoms with Crippen LogP contribution in [0.2, 0.25) is 0 Å². The van der Waals surface area contributed by atoms with E-state index >= 15 is 0 Å². The van der Waals surface area contributed by atoms with Gasteiger partial charge in [-0.2, -0.15) is 0 Å². The third-order valence-electron chi connectivity index (χ3n) is 4.98. The molecule has 0 aromatic heterocycles. The summed E-state index contributed by atoms with van der Waals surface area (Å²) in [6.45, 7) is 4.13. The molecule has 1 N–H and O–H groups in total. The van der Waals surface area contributed by atoms with Gasteiger partial charge in [-0.25, -0.2) is 0 Å². The molecule has 176 valence electrons. The Hall–Kier alpha value is -4.13. The quantitative estimate of drug-likeness (QED) is 0.373. The highest BCUT2D eigenvalue weighted by atomic mass is 16.6. The molecule has 7 nitrogen and oxygen atoms in total. The maximum atomic E-state index is 12.1. The highest BCUT2D eigenvalue weighted by Gasteiger charge is 2.09. The van der Waals surface area contributed by atoms with E-state index in [0.717, 1.165) is 16.9 Å². The number of aryl methyl sites for hydroxylation is 1. The van der Waals surface area contributed by atoms with Crippen molar-refractivity contribution in [1.82, 2.24) is 4.90 Å². The van der Waals surface area contributed by atoms with Crippen LogP contribution in [-0.2, 0) is 16.2 Å². The number of hydrogen-bond acceptors (Lipinski definition) is 5. The SMILES string of the molecule is CC(=NOCC(=O)Nc1ccc(C(=O)N(C)C)cc1)c1ccc(OCc2cccc(C)c2)cc1. The van der Waals surface area contributed by atoms with E-state index in [1.165, 1.54) is 10.5 Å². The van der Waals surface area contributed by atoms with E-state index in [0.29, 0.717) is 23.6 Å². The van der Waals surface area contributed by atoms with Gasteiger partial charge in [0.25, 0.3) is 11.8 Å². The van der Waals surface area contributed by atoms with Crippen LogP contribution < -0.4 is 10.1 Å². The summed E-state index contributed by atoms with van der Waals surface area (Å²) in [6, 6.07) is 22.4. The number of anilines is 1. The molecule has 2 amide bonds. The van der Waals surface area contributed by atoms with Gasteiger partial charge in [0.05, 0.1) is 5.71 Å². The van der Waals surface area contributed by atoms with Crippen molar-refractivity contribution in [2.45, 2.75) is 20.5 Å². The van der Waals surface area contributed by atoms with Crippen LogP contribution in [0, 0.1) is 6.92 Å². The maximum Gasteiger partial charge on any atom is 0.265 e. The minimum absolute atomic E-state index is 0.100. The Morgan fingerprint density at radius 3 is 2.26 bits per heavy atom. The Morgan fingerprint density at radius 1 is 0.941 bits per heavy atom. The average molecular weight is 460 g/mol. The molecule has 3 aromatic rings. The predicted octanol–water partition coefficient (Wildman–Crippen LogP) is 4.66. The van der Waals surface area contributed by atoms with Gasteiger partial charge < -0.3 is 19.8 Å². The van der Waals surface area contributed by atoms with Gasteiger partial charge in [0.15, 0.2) is 6.61 Å². The smallest absolute Gasteiger partial charge is 0.265 e. The van der Waals surface area contributed by atoms with Crippen LogP contribution in [0.4, 0.5) is 5.69 Å². The summed E-state index contributed by atoms with van der Waals surface area (Å²) in [5, 5.41) is 6.75. The Labute approximate surface area is 200 Å². The van der Waals surface area contributed by atoms with E-state index in [-0.39, 0.29) is 18.4 Å². The van der Waals surface area contributed by atoms with Crippen molar-refractivity contribution < 1.29 is 19.2 Å². The fourth-order valence-electron chi connectivity index (χ4n) is 3.15. The van der Waals surface area contributed by atoms with Crippen molar-refractivity contribution in [2.24, 2.45) is 5.16 Å². The fraction of sp³-hybridized carbons (Fsp3) is 0.222. The topological polar surface area (TPSA) is 80.2 Å². The Morgan fingerprint density at radius 2 is 1.62 bits per heavy atom. The molecular weight excluding hydrogens is 430 g/mol. The lowest BCUT2D eigenvalue weighted by atomic mass is 10.1. The van der Waals surface area contributed by atoms with Crippen molar-refractivity contribution in [1.29, 1.82) is 0 Å². The first-order valence-corrected chi connectivity index (χ1v) is 10.9. The number of rotatable bonds is 9. The van der Waals surface area contributed by atoms with Gasteiger partial charge in [-0.1, -0.05) is 35.0 Å². The van der Waals surface area contributed by atoms with Crippen molar-refractivity contribution in [3.8, 4) is 5.75 Å². The average Bonchev–Trinajstić information content (AvgIpc) is 2.83. The molecule has 0 aliphatic heterocycles. The zero-order valence-corrected chi connectivity index (χ0v) is 19.9. The second-order valence-corrected chi connectivity index (χ2v) is 8.08. The molecule has 0 aliphatic rings. The minimum atomic E-state index is -0.344. The first-order chi connectivity index (χ1) is 16.3. The van der Waals surface area contributed by atoms with Gasteiger partial charge in [-0.3, -0.25) is 9.59 Å². The molecule has 0 saturated carbocycles. The number of ether oxygens (including phenoxy) is 1.